The number of piperazine rings is 1. The van der Waals surface area contributed by atoms with Crippen LogP contribution in [0.25, 0.3) is 0 Å². The average molecular weight is 428 g/mol. The van der Waals surface area contributed by atoms with Crippen molar-refractivity contribution in [1.29, 1.82) is 0 Å². The predicted molar refractivity (Wildman–Crippen MR) is 121 cm³/mol. The van der Waals surface area contributed by atoms with Gasteiger partial charge < -0.3 is 20.4 Å². The van der Waals surface area contributed by atoms with Crippen LogP contribution >= 0.6 is 0 Å². The van der Waals surface area contributed by atoms with Gasteiger partial charge >= 0.3 is 11.8 Å². The molecule has 2 amide bonds. The third kappa shape index (κ3) is 6.02. The van der Waals surface area contributed by atoms with E-state index >= 15 is 0 Å². The minimum absolute atomic E-state index is 0.0162. The van der Waals surface area contributed by atoms with Gasteiger partial charge in [-0.1, -0.05) is 24.3 Å². The van der Waals surface area contributed by atoms with E-state index in [-0.39, 0.29) is 18.3 Å². The van der Waals surface area contributed by atoms with Crippen LogP contribution in [-0.4, -0.2) is 75.5 Å². The molecule has 1 atom stereocenters. The number of anilines is 2. The van der Waals surface area contributed by atoms with E-state index in [0.29, 0.717) is 0 Å². The van der Waals surface area contributed by atoms with Crippen LogP contribution in [0.3, 0.4) is 0 Å². The van der Waals surface area contributed by atoms with Crippen molar-refractivity contribution in [2.45, 2.75) is 6.04 Å². The Bertz CT molecular complexity index is 895. The third-order valence-electron chi connectivity index (χ3n) is 5.56. The van der Waals surface area contributed by atoms with Crippen molar-refractivity contribution < 1.29 is 14.0 Å². The van der Waals surface area contributed by atoms with Gasteiger partial charge in [-0.25, -0.2) is 4.39 Å². The number of benzene rings is 2. The second-order valence-electron chi connectivity index (χ2n) is 7.98. The molecule has 1 aliphatic heterocycles. The molecule has 1 saturated heterocycles. The Morgan fingerprint density at radius 1 is 1.00 bits per heavy atom. The minimum Gasteiger partial charge on any atom is -0.378 e. The molecular formula is C23H30FN5O2. The van der Waals surface area contributed by atoms with Crippen LogP contribution < -0.4 is 15.5 Å². The number of nitrogens with one attached hydrogen (secondary N) is 2. The topological polar surface area (TPSA) is 67.9 Å². The first kappa shape index (κ1) is 22.7. The number of para-hydroxylation sites is 1. The van der Waals surface area contributed by atoms with E-state index in [4.69, 9.17) is 0 Å². The molecule has 166 valence electrons. The van der Waals surface area contributed by atoms with Gasteiger partial charge in [-0.05, 0) is 36.9 Å². The molecule has 8 heteroatoms. The zero-order valence-electron chi connectivity index (χ0n) is 18.3. The normalized spacial score (nSPS) is 15.9. The van der Waals surface area contributed by atoms with Crippen LogP contribution in [0.1, 0.15) is 11.6 Å². The van der Waals surface area contributed by atoms with E-state index in [1.807, 2.05) is 31.1 Å². The molecule has 2 aromatic carbocycles. The molecule has 0 aromatic heterocycles. The first-order chi connectivity index (χ1) is 14.8. The van der Waals surface area contributed by atoms with Crippen molar-refractivity contribution >= 4 is 23.2 Å². The molecule has 3 rings (SSSR count). The van der Waals surface area contributed by atoms with Crippen molar-refractivity contribution in [2.24, 2.45) is 0 Å². The minimum atomic E-state index is -0.884. The van der Waals surface area contributed by atoms with Crippen molar-refractivity contribution in [3.05, 3.63) is 59.9 Å². The summed E-state index contributed by atoms with van der Waals surface area (Å²) in [5.74, 6) is -2.25. The Hall–Kier alpha value is -2.97. The van der Waals surface area contributed by atoms with Crippen LogP contribution in [0, 0.1) is 5.82 Å². The highest BCUT2D eigenvalue weighted by molar-refractivity contribution is 6.39. The van der Waals surface area contributed by atoms with E-state index < -0.39 is 17.6 Å². The number of hydrogen-bond acceptors (Lipinski definition) is 5. The lowest BCUT2D eigenvalue weighted by Crippen LogP contribution is -2.49. The highest BCUT2D eigenvalue weighted by atomic mass is 19.1. The van der Waals surface area contributed by atoms with Gasteiger partial charge in [-0.3, -0.25) is 14.5 Å². The summed E-state index contributed by atoms with van der Waals surface area (Å²) in [4.78, 5) is 31.2. The summed E-state index contributed by atoms with van der Waals surface area (Å²) in [6.07, 6.45) is 0. The number of hydrogen-bond donors (Lipinski definition) is 2. The number of amides is 2. The molecule has 0 spiro atoms. The van der Waals surface area contributed by atoms with Crippen LogP contribution in [0.4, 0.5) is 15.8 Å². The molecule has 0 saturated carbocycles. The average Bonchev–Trinajstić information content (AvgIpc) is 2.76. The van der Waals surface area contributed by atoms with Crippen molar-refractivity contribution in [3.63, 3.8) is 0 Å². The Kier molecular flexibility index (Phi) is 7.59. The largest absolute Gasteiger partial charge is 0.378 e. The Labute approximate surface area is 182 Å². The molecular weight excluding hydrogens is 397 g/mol. The number of halogens is 1. The van der Waals surface area contributed by atoms with Gasteiger partial charge in [0.15, 0.2) is 0 Å². The lowest BCUT2D eigenvalue weighted by molar-refractivity contribution is -0.136. The maximum Gasteiger partial charge on any atom is 0.313 e. The molecule has 1 unspecified atom stereocenters. The number of likely N-dealkylation sites (N-methyl/N-ethyl adjacent to an activating group) is 1. The quantitative estimate of drug-likeness (QED) is 0.690. The van der Waals surface area contributed by atoms with Crippen LogP contribution in [-0.2, 0) is 9.59 Å². The SMILES string of the molecule is CN1CCN(C(CNC(=O)C(=O)Nc2ccccc2F)c2ccc(N(C)C)cc2)CC1. The molecule has 31 heavy (non-hydrogen) atoms. The lowest BCUT2D eigenvalue weighted by Gasteiger charge is -2.38. The van der Waals surface area contributed by atoms with Gasteiger partial charge in [0.1, 0.15) is 5.82 Å². The summed E-state index contributed by atoms with van der Waals surface area (Å²) < 4.78 is 13.8. The predicted octanol–water partition coefficient (Wildman–Crippen LogP) is 1.94. The van der Waals surface area contributed by atoms with Gasteiger partial charge in [0, 0.05) is 52.5 Å². The first-order valence-corrected chi connectivity index (χ1v) is 10.4. The Balaban J connectivity index is 1.68. The number of rotatable bonds is 6. The first-order valence-electron chi connectivity index (χ1n) is 10.4. The molecule has 1 heterocycles. The van der Waals surface area contributed by atoms with E-state index in [0.717, 1.165) is 37.4 Å². The van der Waals surface area contributed by atoms with Gasteiger partial charge in [0.25, 0.3) is 0 Å². The zero-order valence-corrected chi connectivity index (χ0v) is 18.3. The summed E-state index contributed by atoms with van der Waals surface area (Å²) in [6.45, 7) is 3.90. The van der Waals surface area contributed by atoms with Crippen LogP contribution in [0.5, 0.6) is 0 Å². The molecule has 1 aliphatic rings. The fraction of sp³-hybridized carbons (Fsp3) is 0.391. The number of carbonyl (C=O) groups is 2. The maximum absolute atomic E-state index is 13.8. The molecule has 2 N–H and O–H groups in total. The van der Waals surface area contributed by atoms with Gasteiger partial charge in [0.05, 0.1) is 11.7 Å². The van der Waals surface area contributed by atoms with E-state index in [1.165, 1.54) is 18.2 Å². The van der Waals surface area contributed by atoms with Gasteiger partial charge in [0.2, 0.25) is 0 Å². The third-order valence-corrected chi connectivity index (χ3v) is 5.56. The molecule has 1 fully saturated rings. The molecule has 0 bridgehead atoms. The monoisotopic (exact) mass is 427 g/mol. The van der Waals surface area contributed by atoms with Gasteiger partial charge in [-0.2, -0.15) is 0 Å². The van der Waals surface area contributed by atoms with E-state index in [1.54, 1.807) is 6.07 Å². The standard InChI is InChI=1S/C23H30FN5O2/c1-27(2)18-10-8-17(9-11-18)21(29-14-12-28(3)13-15-29)16-25-22(30)23(31)26-20-7-5-4-6-19(20)24/h4-11,21H,12-16H2,1-3H3,(H,25,30)(H,26,31). The number of nitrogens with zero attached hydrogens (tertiary/aromatic N) is 3. The summed E-state index contributed by atoms with van der Waals surface area (Å²) in [7, 11) is 6.07. The Morgan fingerprint density at radius 2 is 1.65 bits per heavy atom. The maximum atomic E-state index is 13.8. The van der Waals surface area contributed by atoms with Crippen molar-refractivity contribution in [2.75, 3.05) is 64.1 Å². The van der Waals surface area contributed by atoms with Crippen molar-refractivity contribution in [1.82, 2.24) is 15.1 Å². The summed E-state index contributed by atoms with van der Waals surface area (Å²) in [5, 5.41) is 5.05. The highest BCUT2D eigenvalue weighted by Crippen LogP contribution is 2.24. The molecule has 2 aromatic rings. The van der Waals surface area contributed by atoms with Gasteiger partial charge in [-0.15, -0.1) is 0 Å². The zero-order chi connectivity index (χ0) is 22.4. The second-order valence-corrected chi connectivity index (χ2v) is 7.98. The fourth-order valence-electron chi connectivity index (χ4n) is 3.60. The second kappa shape index (κ2) is 10.4. The Morgan fingerprint density at radius 3 is 2.26 bits per heavy atom. The summed E-state index contributed by atoms with van der Waals surface area (Å²) >= 11 is 0. The summed E-state index contributed by atoms with van der Waals surface area (Å²) in [6, 6.07) is 13.9. The van der Waals surface area contributed by atoms with Crippen molar-refractivity contribution in [3.8, 4) is 0 Å². The lowest BCUT2D eigenvalue weighted by atomic mass is 10.0. The number of carbonyl (C=O) groups excluding carboxylic acids is 2. The fourth-order valence-corrected chi connectivity index (χ4v) is 3.60. The molecule has 7 nitrogen and oxygen atoms in total. The smallest absolute Gasteiger partial charge is 0.313 e. The van der Waals surface area contributed by atoms with Crippen LogP contribution in [0.2, 0.25) is 0 Å². The molecule has 0 aliphatic carbocycles. The molecule has 0 radical (unpaired) electrons. The van der Waals surface area contributed by atoms with E-state index in [2.05, 4.69) is 39.6 Å². The highest BCUT2D eigenvalue weighted by Gasteiger charge is 2.25. The summed E-state index contributed by atoms with van der Waals surface area (Å²) in [5.41, 5.74) is 2.15. The van der Waals surface area contributed by atoms with E-state index in [9.17, 15) is 14.0 Å². The van der Waals surface area contributed by atoms with Crippen LogP contribution in [0.15, 0.2) is 48.5 Å².